The third-order valence-corrected chi connectivity index (χ3v) is 7.13. The maximum atomic E-state index is 3.51. The Labute approximate surface area is 130 Å². The van der Waals surface area contributed by atoms with Gasteiger partial charge >= 0.3 is 0 Å². The van der Waals surface area contributed by atoms with Crippen LogP contribution in [0.3, 0.4) is 0 Å². The predicted molar refractivity (Wildman–Crippen MR) is 88.5 cm³/mol. The number of rotatable bonds is 1. The van der Waals surface area contributed by atoms with E-state index >= 15 is 0 Å². The molecule has 2 fully saturated rings. The topological polar surface area (TPSA) is 0 Å². The summed E-state index contributed by atoms with van der Waals surface area (Å²) in [4.78, 5) is 0. The van der Waals surface area contributed by atoms with Crippen LogP contribution in [0.4, 0.5) is 0 Å². The molecule has 113 valence electrons. The summed E-state index contributed by atoms with van der Waals surface area (Å²) in [5.74, 6) is 2.85. The van der Waals surface area contributed by atoms with Crippen LogP contribution in [0.15, 0.2) is 12.1 Å². The molecule has 3 aliphatic rings. The first-order chi connectivity index (χ1) is 10.2. The van der Waals surface area contributed by atoms with E-state index in [4.69, 9.17) is 0 Å². The largest absolute Gasteiger partial charge is 0.0613 e. The first-order valence-corrected chi connectivity index (χ1v) is 9.24. The van der Waals surface area contributed by atoms with Gasteiger partial charge in [-0.15, -0.1) is 0 Å². The van der Waals surface area contributed by atoms with Crippen molar-refractivity contribution in [2.45, 2.75) is 77.6 Å². The zero-order chi connectivity index (χ0) is 14.4. The van der Waals surface area contributed by atoms with E-state index in [1.54, 1.807) is 11.1 Å². The van der Waals surface area contributed by atoms with Gasteiger partial charge in [0.05, 0.1) is 0 Å². The van der Waals surface area contributed by atoms with Gasteiger partial charge in [-0.25, -0.2) is 0 Å². The fraction of sp³-hybridized carbons (Fsp3) is 0.714. The summed E-state index contributed by atoms with van der Waals surface area (Å²) < 4.78 is 0. The first kappa shape index (κ1) is 13.9. The second-order valence-electron chi connectivity index (χ2n) is 8.15. The summed E-state index contributed by atoms with van der Waals surface area (Å²) in [5.41, 5.74) is 5.43. The van der Waals surface area contributed by atoms with Gasteiger partial charge in [0.15, 0.2) is 0 Å². The average Bonchev–Trinajstić information content (AvgIpc) is 2.53. The molecule has 0 heteroatoms. The molecule has 0 bridgehead atoms. The molecule has 3 aliphatic carbocycles. The minimum atomic E-state index is 0.672. The van der Waals surface area contributed by atoms with Crippen LogP contribution in [-0.2, 0) is 12.8 Å². The third kappa shape index (κ3) is 2.17. The van der Waals surface area contributed by atoms with Crippen molar-refractivity contribution in [1.29, 1.82) is 0 Å². The van der Waals surface area contributed by atoms with E-state index in [1.165, 1.54) is 56.9 Å². The normalized spacial score (nSPS) is 38.3. The maximum absolute atomic E-state index is 3.51. The Morgan fingerprint density at radius 2 is 2.10 bits per heavy atom. The smallest absolute Gasteiger partial charge is 0.0128 e. The number of fused-ring (bicyclic) bond motifs is 5. The van der Waals surface area contributed by atoms with Crippen LogP contribution < -0.4 is 0 Å². The Balaban J connectivity index is 1.69. The van der Waals surface area contributed by atoms with Crippen LogP contribution in [0.1, 0.15) is 81.4 Å². The maximum Gasteiger partial charge on any atom is -0.0128 e. The van der Waals surface area contributed by atoms with Gasteiger partial charge in [0.1, 0.15) is 0 Å². The van der Waals surface area contributed by atoms with Crippen molar-refractivity contribution in [2.75, 3.05) is 0 Å². The van der Waals surface area contributed by atoms with Crippen LogP contribution in [0.2, 0.25) is 0 Å². The van der Waals surface area contributed by atoms with Crippen molar-refractivity contribution in [3.63, 3.8) is 0 Å². The predicted octanol–water partition coefficient (Wildman–Crippen LogP) is 5.69. The quantitative estimate of drug-likeness (QED) is 0.620. The van der Waals surface area contributed by atoms with Gasteiger partial charge in [-0.05, 0) is 90.9 Å². The highest BCUT2D eigenvalue weighted by atomic mass is 14.5. The van der Waals surface area contributed by atoms with Gasteiger partial charge in [0.2, 0.25) is 0 Å². The standard InChI is InChI=1S/C21H29/c1-3-15-7-8-16-9-10-18-17(19(16)14-15)11-13-21(2)12-5-4-6-20(18)21/h8,14,17-18,20H,3-6,9-13H2,1-2H3/t17-,18+,20-,21-/m0/s1. The molecule has 0 spiro atoms. The number of aryl methyl sites for hydroxylation is 2. The van der Waals surface area contributed by atoms with Gasteiger partial charge in [-0.3, -0.25) is 0 Å². The van der Waals surface area contributed by atoms with Crippen LogP contribution >= 0.6 is 0 Å². The second-order valence-corrected chi connectivity index (χ2v) is 8.15. The molecular weight excluding hydrogens is 252 g/mol. The lowest BCUT2D eigenvalue weighted by molar-refractivity contribution is -0.00422. The van der Waals surface area contributed by atoms with E-state index < -0.39 is 0 Å². The first-order valence-electron chi connectivity index (χ1n) is 9.24. The Kier molecular flexibility index (Phi) is 3.39. The Morgan fingerprint density at radius 1 is 1.19 bits per heavy atom. The molecule has 1 aromatic rings. The Hall–Kier alpha value is -0.780. The Morgan fingerprint density at radius 3 is 2.95 bits per heavy atom. The van der Waals surface area contributed by atoms with E-state index in [0.717, 1.165) is 24.2 Å². The molecule has 0 aromatic heterocycles. The molecule has 0 nitrogen and oxygen atoms in total. The molecule has 0 aliphatic heterocycles. The molecule has 0 unspecified atom stereocenters. The van der Waals surface area contributed by atoms with Gasteiger partial charge in [0.25, 0.3) is 0 Å². The van der Waals surface area contributed by atoms with Gasteiger partial charge in [0, 0.05) is 0 Å². The monoisotopic (exact) mass is 281 g/mol. The number of hydrogen-bond donors (Lipinski definition) is 0. The molecular formula is C21H29. The van der Waals surface area contributed by atoms with Gasteiger partial charge in [-0.2, -0.15) is 0 Å². The molecule has 4 rings (SSSR count). The van der Waals surface area contributed by atoms with E-state index in [1.807, 2.05) is 0 Å². The van der Waals surface area contributed by atoms with Crippen LogP contribution in [-0.4, -0.2) is 0 Å². The fourth-order valence-corrected chi connectivity index (χ4v) is 5.91. The molecule has 2 saturated carbocycles. The summed E-state index contributed by atoms with van der Waals surface area (Å²) in [6.07, 6.45) is 12.8. The minimum Gasteiger partial charge on any atom is -0.0613 e. The van der Waals surface area contributed by atoms with Crippen molar-refractivity contribution in [2.24, 2.45) is 17.3 Å². The number of benzene rings is 1. The number of hydrogen-bond acceptors (Lipinski definition) is 0. The summed E-state index contributed by atoms with van der Waals surface area (Å²) in [6, 6.07) is 8.34. The van der Waals surface area contributed by atoms with Crippen molar-refractivity contribution in [1.82, 2.24) is 0 Å². The van der Waals surface area contributed by atoms with E-state index in [2.05, 4.69) is 32.0 Å². The fourth-order valence-electron chi connectivity index (χ4n) is 5.91. The molecule has 0 saturated heterocycles. The average molecular weight is 281 g/mol. The van der Waals surface area contributed by atoms with Crippen LogP contribution in [0.25, 0.3) is 0 Å². The van der Waals surface area contributed by atoms with E-state index in [-0.39, 0.29) is 0 Å². The summed E-state index contributed by atoms with van der Waals surface area (Å²) >= 11 is 0. The highest BCUT2D eigenvalue weighted by Gasteiger charge is 2.48. The van der Waals surface area contributed by atoms with E-state index in [0.29, 0.717) is 5.41 Å². The lowest BCUT2D eigenvalue weighted by Gasteiger charge is -2.54. The summed E-state index contributed by atoms with van der Waals surface area (Å²) in [6.45, 7) is 4.87. The molecule has 1 radical (unpaired) electrons. The van der Waals surface area contributed by atoms with Gasteiger partial charge in [-0.1, -0.05) is 38.8 Å². The minimum absolute atomic E-state index is 0.672. The molecule has 4 atom stereocenters. The molecule has 21 heavy (non-hydrogen) atoms. The highest BCUT2D eigenvalue weighted by Crippen LogP contribution is 2.59. The Bertz CT molecular complexity index is 529. The summed E-state index contributed by atoms with van der Waals surface area (Å²) in [5, 5.41) is 0. The van der Waals surface area contributed by atoms with Crippen molar-refractivity contribution >= 4 is 0 Å². The van der Waals surface area contributed by atoms with Crippen LogP contribution in [0, 0.1) is 23.3 Å². The van der Waals surface area contributed by atoms with Crippen molar-refractivity contribution < 1.29 is 0 Å². The van der Waals surface area contributed by atoms with Crippen molar-refractivity contribution in [3.8, 4) is 0 Å². The summed E-state index contributed by atoms with van der Waals surface area (Å²) in [7, 11) is 0. The SMILES string of the molecule is CCc1[c]cc2c(c1)[C@H]1CC[C@]3(C)CCCC[C@H]3[C@@H]1CC2. The lowest BCUT2D eigenvalue weighted by atomic mass is 9.51. The lowest BCUT2D eigenvalue weighted by Crippen LogP contribution is -2.44. The molecule has 1 aromatic carbocycles. The molecule has 0 heterocycles. The van der Waals surface area contributed by atoms with Crippen molar-refractivity contribution in [3.05, 3.63) is 34.9 Å². The van der Waals surface area contributed by atoms with E-state index in [9.17, 15) is 0 Å². The highest BCUT2D eigenvalue weighted by molar-refractivity contribution is 5.37. The molecule has 0 amide bonds. The van der Waals surface area contributed by atoms with Crippen LogP contribution in [0.5, 0.6) is 0 Å². The second kappa shape index (κ2) is 5.14. The molecule has 0 N–H and O–H groups in total. The third-order valence-electron chi connectivity index (χ3n) is 7.13. The van der Waals surface area contributed by atoms with Gasteiger partial charge < -0.3 is 0 Å². The zero-order valence-corrected chi connectivity index (χ0v) is 13.8. The zero-order valence-electron chi connectivity index (χ0n) is 13.8.